The Labute approximate surface area is 127 Å². The molecule has 0 aliphatic carbocycles. The molecule has 0 aliphatic heterocycles. The SMILES string of the molecule is CCC/C=C/C(=C/C(=O)OCC)CNC(=O)OC(C)(C)C. The summed E-state index contributed by atoms with van der Waals surface area (Å²) in [5.41, 5.74) is 0.125. The molecule has 0 saturated carbocycles. The third-order valence-electron chi connectivity index (χ3n) is 2.21. The first kappa shape index (κ1) is 19.2. The number of nitrogens with one attached hydrogen (secondary N) is 1. The van der Waals surface area contributed by atoms with Crippen molar-refractivity contribution in [2.75, 3.05) is 13.2 Å². The maximum absolute atomic E-state index is 11.6. The van der Waals surface area contributed by atoms with Crippen LogP contribution in [0.5, 0.6) is 0 Å². The average Bonchev–Trinajstić information content (AvgIpc) is 2.34. The number of amides is 1. The molecule has 0 bridgehead atoms. The third-order valence-corrected chi connectivity index (χ3v) is 2.21. The molecule has 0 aromatic heterocycles. The molecule has 0 atom stereocenters. The quantitative estimate of drug-likeness (QED) is 0.444. The van der Waals surface area contributed by atoms with Crippen LogP contribution in [0.4, 0.5) is 4.79 Å². The maximum atomic E-state index is 11.6. The summed E-state index contributed by atoms with van der Waals surface area (Å²) in [6.07, 6.45) is 6.57. The Hall–Kier alpha value is -1.78. The summed E-state index contributed by atoms with van der Waals surface area (Å²) in [5, 5.41) is 2.63. The topological polar surface area (TPSA) is 64.6 Å². The first-order valence-corrected chi connectivity index (χ1v) is 7.29. The summed E-state index contributed by atoms with van der Waals surface area (Å²) < 4.78 is 10.0. The van der Waals surface area contributed by atoms with E-state index in [-0.39, 0.29) is 6.54 Å². The predicted octanol–water partition coefficient (Wildman–Crippen LogP) is 3.36. The van der Waals surface area contributed by atoms with Gasteiger partial charge in [0.1, 0.15) is 5.60 Å². The van der Waals surface area contributed by atoms with E-state index in [0.29, 0.717) is 12.2 Å². The zero-order valence-corrected chi connectivity index (χ0v) is 13.7. The number of allylic oxidation sites excluding steroid dienone is 1. The molecule has 0 heterocycles. The Bertz CT molecular complexity index is 392. The van der Waals surface area contributed by atoms with Crippen molar-refractivity contribution < 1.29 is 19.1 Å². The number of rotatable bonds is 7. The van der Waals surface area contributed by atoms with E-state index in [2.05, 4.69) is 12.2 Å². The molecule has 0 fully saturated rings. The number of hydrogen-bond donors (Lipinski definition) is 1. The highest BCUT2D eigenvalue weighted by atomic mass is 16.6. The standard InChI is InChI=1S/C16H27NO4/c1-6-8-9-10-13(11-14(18)20-7-2)12-17-15(19)21-16(3,4)5/h9-11H,6-8,12H2,1-5H3,(H,17,19)/b10-9+,13-11-. The molecule has 0 spiro atoms. The van der Waals surface area contributed by atoms with Crippen molar-refractivity contribution >= 4 is 12.1 Å². The smallest absolute Gasteiger partial charge is 0.407 e. The molecule has 0 rings (SSSR count). The fourth-order valence-electron chi connectivity index (χ4n) is 1.38. The molecule has 21 heavy (non-hydrogen) atoms. The zero-order chi connectivity index (χ0) is 16.3. The van der Waals surface area contributed by atoms with Crippen LogP contribution < -0.4 is 5.32 Å². The van der Waals surface area contributed by atoms with Gasteiger partial charge < -0.3 is 14.8 Å². The Morgan fingerprint density at radius 2 is 1.86 bits per heavy atom. The second kappa shape index (κ2) is 10.0. The van der Waals surface area contributed by atoms with E-state index in [0.717, 1.165) is 12.8 Å². The van der Waals surface area contributed by atoms with Crippen molar-refractivity contribution in [1.29, 1.82) is 0 Å². The van der Waals surface area contributed by atoms with Crippen LogP contribution >= 0.6 is 0 Å². The number of alkyl carbamates (subject to hydrolysis) is 1. The van der Waals surface area contributed by atoms with E-state index in [4.69, 9.17) is 9.47 Å². The van der Waals surface area contributed by atoms with Crippen LogP contribution in [0.1, 0.15) is 47.5 Å². The van der Waals surface area contributed by atoms with Gasteiger partial charge in [0.25, 0.3) is 0 Å². The van der Waals surface area contributed by atoms with Crippen LogP contribution in [-0.2, 0) is 14.3 Å². The van der Waals surface area contributed by atoms with Gasteiger partial charge in [-0.25, -0.2) is 9.59 Å². The minimum absolute atomic E-state index is 0.216. The largest absolute Gasteiger partial charge is 0.463 e. The first-order chi connectivity index (χ1) is 9.78. The molecule has 0 unspecified atom stereocenters. The zero-order valence-electron chi connectivity index (χ0n) is 13.7. The van der Waals surface area contributed by atoms with E-state index in [9.17, 15) is 9.59 Å². The lowest BCUT2D eigenvalue weighted by Crippen LogP contribution is -2.33. The van der Waals surface area contributed by atoms with Crippen LogP contribution in [0, 0.1) is 0 Å². The summed E-state index contributed by atoms with van der Waals surface area (Å²) in [5.74, 6) is -0.417. The molecule has 5 nitrogen and oxygen atoms in total. The van der Waals surface area contributed by atoms with Crippen molar-refractivity contribution in [3.8, 4) is 0 Å². The summed E-state index contributed by atoms with van der Waals surface area (Å²) in [7, 11) is 0. The molecule has 1 N–H and O–H groups in total. The monoisotopic (exact) mass is 297 g/mol. The van der Waals surface area contributed by atoms with Gasteiger partial charge >= 0.3 is 12.1 Å². The van der Waals surface area contributed by atoms with Crippen molar-refractivity contribution in [1.82, 2.24) is 5.32 Å². The van der Waals surface area contributed by atoms with E-state index in [1.54, 1.807) is 27.7 Å². The number of carbonyl (C=O) groups is 2. The van der Waals surface area contributed by atoms with Crippen LogP contribution in [0.2, 0.25) is 0 Å². The third kappa shape index (κ3) is 11.7. The Balaban J connectivity index is 4.60. The van der Waals surface area contributed by atoms with Crippen molar-refractivity contribution in [2.24, 2.45) is 0 Å². The van der Waals surface area contributed by atoms with Crippen LogP contribution in [0.3, 0.4) is 0 Å². The van der Waals surface area contributed by atoms with Crippen molar-refractivity contribution in [2.45, 2.75) is 53.1 Å². The molecule has 120 valence electrons. The summed E-state index contributed by atoms with van der Waals surface area (Å²) in [6, 6.07) is 0. The number of esters is 1. The number of carbonyl (C=O) groups excluding carboxylic acids is 2. The van der Waals surface area contributed by atoms with Crippen LogP contribution in [0.25, 0.3) is 0 Å². The second-order valence-electron chi connectivity index (χ2n) is 5.52. The van der Waals surface area contributed by atoms with E-state index in [1.165, 1.54) is 6.08 Å². The Kier molecular flexibility index (Phi) is 9.17. The summed E-state index contributed by atoms with van der Waals surface area (Å²) in [6.45, 7) is 9.74. The van der Waals surface area contributed by atoms with Gasteiger partial charge in [-0.15, -0.1) is 0 Å². The molecule has 0 aromatic carbocycles. The highest BCUT2D eigenvalue weighted by Crippen LogP contribution is 2.07. The summed E-state index contributed by atoms with van der Waals surface area (Å²) in [4.78, 5) is 23.1. The minimum atomic E-state index is -0.548. The van der Waals surface area contributed by atoms with Crippen molar-refractivity contribution in [3.05, 3.63) is 23.8 Å². The number of hydrogen-bond acceptors (Lipinski definition) is 4. The fraction of sp³-hybridized carbons (Fsp3) is 0.625. The van der Waals surface area contributed by atoms with Crippen LogP contribution in [-0.4, -0.2) is 30.8 Å². The Morgan fingerprint density at radius 1 is 1.19 bits per heavy atom. The van der Waals surface area contributed by atoms with Gasteiger partial charge in [-0.2, -0.15) is 0 Å². The maximum Gasteiger partial charge on any atom is 0.407 e. The highest BCUT2D eigenvalue weighted by Gasteiger charge is 2.15. The molecule has 0 radical (unpaired) electrons. The lowest BCUT2D eigenvalue weighted by molar-refractivity contribution is -0.137. The average molecular weight is 297 g/mol. The number of ether oxygens (including phenoxy) is 2. The lowest BCUT2D eigenvalue weighted by Gasteiger charge is -2.19. The second-order valence-corrected chi connectivity index (χ2v) is 5.52. The molecule has 1 amide bonds. The molecular formula is C16H27NO4. The normalized spacial score (nSPS) is 12.3. The van der Waals surface area contributed by atoms with Gasteiger partial charge in [0.15, 0.2) is 0 Å². The van der Waals surface area contributed by atoms with Gasteiger partial charge in [-0.1, -0.05) is 25.5 Å². The fourth-order valence-corrected chi connectivity index (χ4v) is 1.38. The Morgan fingerprint density at radius 3 is 2.38 bits per heavy atom. The molecular weight excluding hydrogens is 270 g/mol. The minimum Gasteiger partial charge on any atom is -0.463 e. The van der Waals surface area contributed by atoms with Crippen LogP contribution in [0.15, 0.2) is 23.8 Å². The molecule has 0 saturated heterocycles. The molecule has 0 aliphatic rings. The van der Waals surface area contributed by atoms with Gasteiger partial charge in [0, 0.05) is 12.6 Å². The predicted molar refractivity (Wildman–Crippen MR) is 83.0 cm³/mol. The highest BCUT2D eigenvalue weighted by molar-refractivity contribution is 5.83. The first-order valence-electron chi connectivity index (χ1n) is 7.29. The van der Waals surface area contributed by atoms with Gasteiger partial charge in [0.05, 0.1) is 6.61 Å². The van der Waals surface area contributed by atoms with Crippen molar-refractivity contribution in [3.63, 3.8) is 0 Å². The van der Waals surface area contributed by atoms with Gasteiger partial charge in [0.2, 0.25) is 0 Å². The lowest BCUT2D eigenvalue weighted by atomic mass is 10.2. The van der Waals surface area contributed by atoms with E-state index >= 15 is 0 Å². The molecule has 5 heteroatoms. The summed E-state index contributed by atoms with van der Waals surface area (Å²) >= 11 is 0. The van der Waals surface area contributed by atoms with Gasteiger partial charge in [-0.3, -0.25) is 0 Å². The van der Waals surface area contributed by atoms with E-state index < -0.39 is 17.7 Å². The van der Waals surface area contributed by atoms with E-state index in [1.807, 2.05) is 12.2 Å². The van der Waals surface area contributed by atoms with Gasteiger partial charge in [-0.05, 0) is 39.7 Å². The number of unbranched alkanes of at least 4 members (excludes halogenated alkanes) is 1. The molecule has 0 aromatic rings.